The van der Waals surface area contributed by atoms with Gasteiger partial charge in [-0.1, -0.05) is 0 Å². The van der Waals surface area contributed by atoms with E-state index >= 15 is 0 Å². The minimum absolute atomic E-state index is 0.797. The summed E-state index contributed by atoms with van der Waals surface area (Å²) in [5, 5.41) is 0. The molecule has 1 aliphatic rings. The zero-order chi connectivity index (χ0) is 4.41. The van der Waals surface area contributed by atoms with Gasteiger partial charge in [-0.15, -0.1) is 0 Å². The zero-order valence-corrected chi connectivity index (χ0v) is 6.50. The van der Waals surface area contributed by atoms with Gasteiger partial charge in [0.2, 0.25) is 0 Å². The van der Waals surface area contributed by atoms with Crippen molar-refractivity contribution in [3.05, 3.63) is 0 Å². The first-order valence-electron chi connectivity index (χ1n) is 2.33. The Bertz CT molecular complexity index is 40.1. The fourth-order valence-corrected chi connectivity index (χ4v) is 2.44. The van der Waals surface area contributed by atoms with Crippen LogP contribution in [0.5, 0.6) is 0 Å². The number of hydrogen-bond donors (Lipinski definition) is 1. The van der Waals surface area contributed by atoms with Crippen LogP contribution >= 0.6 is 0 Å². The van der Waals surface area contributed by atoms with Crippen molar-refractivity contribution < 1.29 is 3.44 Å². The molecule has 2 radical (unpaired) electrons. The van der Waals surface area contributed by atoms with E-state index in [0.717, 1.165) is 3.93 Å². The van der Waals surface area contributed by atoms with E-state index in [1.165, 1.54) is 19.3 Å². The third-order valence-corrected chi connectivity index (χ3v) is 3.98. The normalized spacial score (nSPS) is 23.5. The van der Waals surface area contributed by atoms with E-state index in [1.54, 1.807) is 0 Å². The predicted molar refractivity (Wildman–Crippen MR) is 25.6 cm³/mol. The Balaban J connectivity index is 2.01. The first kappa shape index (κ1) is 4.91. The van der Waals surface area contributed by atoms with Crippen LogP contribution in [0.15, 0.2) is 0 Å². The van der Waals surface area contributed by atoms with Crippen molar-refractivity contribution in [2.24, 2.45) is 0 Å². The van der Waals surface area contributed by atoms with Gasteiger partial charge in [0.05, 0.1) is 0 Å². The molecule has 1 saturated carbocycles. The molecule has 1 N–H and O–H groups in total. The summed E-state index contributed by atoms with van der Waals surface area (Å²) in [4.78, 5) is 0. The molecule has 1 nitrogen and oxygen atoms in total. The van der Waals surface area contributed by atoms with Crippen LogP contribution in [-0.2, 0) is 0 Å². The van der Waals surface area contributed by atoms with Crippen LogP contribution in [0.1, 0.15) is 19.3 Å². The molecule has 0 aromatic rings. The molecule has 0 aromatic heterocycles. The van der Waals surface area contributed by atoms with E-state index in [9.17, 15) is 0 Å². The van der Waals surface area contributed by atoms with Crippen molar-refractivity contribution in [3.8, 4) is 0 Å². The Labute approximate surface area is 48.5 Å². The molecule has 0 saturated heterocycles. The Morgan fingerprint density at radius 1 is 1.50 bits per heavy atom. The van der Waals surface area contributed by atoms with E-state index in [0.29, 0.717) is 0 Å². The monoisotopic (exact) mass is 192 g/mol. The average molecular weight is 191 g/mol. The standard InChI is InChI=1S/C4H7.H2O.Sn/c1-2-4-3-1;;/h1H,2-4H2;1H2;/q;;+1/p-1. The summed E-state index contributed by atoms with van der Waals surface area (Å²) in [6.07, 6.45) is 4.05. The van der Waals surface area contributed by atoms with Gasteiger partial charge in [-0.05, 0) is 0 Å². The molecule has 0 unspecified atom stereocenters. The van der Waals surface area contributed by atoms with Gasteiger partial charge in [0.25, 0.3) is 0 Å². The maximum atomic E-state index is 8.56. The van der Waals surface area contributed by atoms with Gasteiger partial charge in [-0.2, -0.15) is 0 Å². The van der Waals surface area contributed by atoms with Gasteiger partial charge in [0.1, 0.15) is 0 Å². The van der Waals surface area contributed by atoms with Crippen LogP contribution in [-0.4, -0.2) is 25.0 Å². The number of rotatable bonds is 1. The van der Waals surface area contributed by atoms with Crippen molar-refractivity contribution in [2.45, 2.75) is 23.2 Å². The fraction of sp³-hybridized carbons (Fsp3) is 1.00. The second-order valence-corrected chi connectivity index (χ2v) is 4.82. The molecule has 0 spiro atoms. The average Bonchev–Trinajstić information content (AvgIpc) is 1.31. The molecule has 2 heteroatoms. The molecule has 1 rings (SSSR count). The van der Waals surface area contributed by atoms with Gasteiger partial charge in [0.15, 0.2) is 0 Å². The Kier molecular flexibility index (Phi) is 1.77. The van der Waals surface area contributed by atoms with Crippen molar-refractivity contribution in [2.75, 3.05) is 0 Å². The summed E-state index contributed by atoms with van der Waals surface area (Å²) < 4.78 is 9.40. The molecule has 0 atom stereocenters. The Morgan fingerprint density at radius 2 is 2.17 bits per heavy atom. The predicted octanol–water partition coefficient (Wildman–Crippen LogP) is 0.570. The van der Waals surface area contributed by atoms with Crippen molar-refractivity contribution in [1.82, 2.24) is 0 Å². The molecule has 0 amide bonds. The van der Waals surface area contributed by atoms with Gasteiger partial charge >= 0.3 is 48.2 Å². The van der Waals surface area contributed by atoms with Gasteiger partial charge in [-0.3, -0.25) is 0 Å². The molecule has 0 bridgehead atoms. The van der Waals surface area contributed by atoms with Crippen molar-refractivity contribution in [1.29, 1.82) is 0 Å². The zero-order valence-electron chi connectivity index (χ0n) is 3.65. The Morgan fingerprint density at radius 3 is 2.17 bits per heavy atom. The SMILES string of the molecule is [OH][Sn][CH]1CCC1. The molecule has 34 valence electrons. The molecule has 0 aliphatic heterocycles. The second-order valence-electron chi connectivity index (χ2n) is 1.76. The maximum absolute atomic E-state index is 8.56. The van der Waals surface area contributed by atoms with Gasteiger partial charge in [0, 0.05) is 0 Å². The minimum atomic E-state index is -0.797. The summed E-state index contributed by atoms with van der Waals surface area (Å²) in [7, 11) is 0. The molecule has 6 heavy (non-hydrogen) atoms. The summed E-state index contributed by atoms with van der Waals surface area (Å²) >= 11 is -0.797. The van der Waals surface area contributed by atoms with E-state index in [1.807, 2.05) is 0 Å². The first-order valence-corrected chi connectivity index (χ1v) is 5.25. The number of hydrogen-bond acceptors (Lipinski definition) is 1. The van der Waals surface area contributed by atoms with Crippen LogP contribution in [0.2, 0.25) is 3.93 Å². The molecule has 1 fully saturated rings. The topological polar surface area (TPSA) is 20.2 Å². The van der Waals surface area contributed by atoms with Crippen molar-refractivity contribution >= 4 is 21.6 Å². The summed E-state index contributed by atoms with van der Waals surface area (Å²) in [5.74, 6) is 0. The quantitative estimate of drug-likeness (QED) is 0.600. The summed E-state index contributed by atoms with van der Waals surface area (Å²) in [5.41, 5.74) is 0. The van der Waals surface area contributed by atoms with Gasteiger partial charge < -0.3 is 0 Å². The molecular formula is C4H8OSn. The third-order valence-electron chi connectivity index (χ3n) is 1.29. The van der Waals surface area contributed by atoms with Crippen LogP contribution in [0.4, 0.5) is 0 Å². The molecule has 0 heterocycles. The fourth-order valence-electron chi connectivity index (χ4n) is 0.537. The van der Waals surface area contributed by atoms with Crippen LogP contribution in [0.3, 0.4) is 0 Å². The van der Waals surface area contributed by atoms with Gasteiger partial charge in [-0.25, -0.2) is 0 Å². The van der Waals surface area contributed by atoms with E-state index < -0.39 is 21.6 Å². The van der Waals surface area contributed by atoms with E-state index in [4.69, 9.17) is 3.44 Å². The Hall–Kier alpha value is 0.759. The first-order chi connectivity index (χ1) is 2.93. The molecule has 0 aromatic carbocycles. The van der Waals surface area contributed by atoms with Crippen molar-refractivity contribution in [3.63, 3.8) is 0 Å². The molecular weight excluding hydrogens is 183 g/mol. The van der Waals surface area contributed by atoms with E-state index in [2.05, 4.69) is 0 Å². The molecule has 1 aliphatic carbocycles. The second kappa shape index (κ2) is 2.17. The van der Waals surface area contributed by atoms with Crippen LogP contribution in [0.25, 0.3) is 0 Å². The van der Waals surface area contributed by atoms with Crippen LogP contribution < -0.4 is 0 Å². The van der Waals surface area contributed by atoms with Crippen LogP contribution in [0, 0.1) is 0 Å². The summed E-state index contributed by atoms with van der Waals surface area (Å²) in [6, 6.07) is 0. The summed E-state index contributed by atoms with van der Waals surface area (Å²) in [6.45, 7) is 0. The van der Waals surface area contributed by atoms with E-state index in [-0.39, 0.29) is 0 Å². The third kappa shape index (κ3) is 0.876.